The van der Waals surface area contributed by atoms with Gasteiger partial charge in [-0.25, -0.2) is 22.0 Å². The van der Waals surface area contributed by atoms with Gasteiger partial charge in [-0.15, -0.1) is 0 Å². The Bertz CT molecular complexity index is 1860. The summed E-state index contributed by atoms with van der Waals surface area (Å²) in [6, 6.07) is 4.83. The van der Waals surface area contributed by atoms with Crippen LogP contribution in [0, 0.1) is 11.6 Å². The Balaban J connectivity index is 1.42. The molecular weight excluding hydrogens is 581 g/mol. The number of rotatable bonds is 6. The van der Waals surface area contributed by atoms with Gasteiger partial charge in [-0.1, -0.05) is 13.0 Å². The molecule has 2 aromatic carbocycles. The van der Waals surface area contributed by atoms with Crippen LogP contribution in [0.25, 0.3) is 32.9 Å². The van der Waals surface area contributed by atoms with Gasteiger partial charge in [-0.3, -0.25) is 9.88 Å². The molecule has 12 heteroatoms. The molecule has 4 aromatic rings. The van der Waals surface area contributed by atoms with Crippen LogP contribution in [0.1, 0.15) is 47.3 Å². The molecule has 7 rings (SSSR count). The van der Waals surface area contributed by atoms with E-state index in [1.807, 2.05) is 0 Å². The third kappa shape index (κ3) is 4.87. The minimum absolute atomic E-state index is 0.0106. The molecule has 232 valence electrons. The molecule has 0 bridgehead atoms. The SMILES string of the molecule is [2H]C([2H])(Oc1nc(N2CCCC(F)(F)C2)c2cnc(-c3cc(O)cc4ccc(F)c(CC)c34)c(F)c2n1)[C@@]12CCCN1C[C@H](F)C2. The maximum atomic E-state index is 16.7. The van der Waals surface area contributed by atoms with Gasteiger partial charge in [0.15, 0.2) is 5.82 Å². The molecule has 44 heavy (non-hydrogen) atoms. The molecule has 0 saturated carbocycles. The Labute approximate surface area is 253 Å². The number of aryl methyl sites for hydroxylation is 1. The van der Waals surface area contributed by atoms with E-state index >= 15 is 4.39 Å². The first-order valence-electron chi connectivity index (χ1n) is 15.8. The molecule has 5 heterocycles. The lowest BCUT2D eigenvalue weighted by molar-refractivity contribution is -0.0118. The molecule has 1 N–H and O–H groups in total. The van der Waals surface area contributed by atoms with Crippen molar-refractivity contribution >= 4 is 27.5 Å². The van der Waals surface area contributed by atoms with Crippen molar-refractivity contribution in [3.8, 4) is 23.0 Å². The highest BCUT2D eigenvalue weighted by Gasteiger charge is 2.49. The predicted octanol–water partition coefficient (Wildman–Crippen LogP) is 6.58. The summed E-state index contributed by atoms with van der Waals surface area (Å²) >= 11 is 0. The average molecular weight is 616 g/mol. The zero-order valence-electron chi connectivity index (χ0n) is 26.0. The second-order valence-electron chi connectivity index (χ2n) is 12.0. The molecule has 0 amide bonds. The molecule has 0 unspecified atom stereocenters. The van der Waals surface area contributed by atoms with Crippen molar-refractivity contribution in [2.45, 2.75) is 63.1 Å². The smallest absolute Gasteiger partial charge is 0.319 e. The first-order chi connectivity index (χ1) is 21.8. The minimum atomic E-state index is -3.05. The monoisotopic (exact) mass is 615 g/mol. The number of phenols is 1. The lowest BCUT2D eigenvalue weighted by Gasteiger charge is -2.34. The molecular formula is C32H32F5N5O2. The van der Waals surface area contributed by atoms with E-state index in [0.717, 1.165) is 0 Å². The number of piperidine rings is 1. The number of alkyl halides is 3. The highest BCUT2D eigenvalue weighted by atomic mass is 19.3. The van der Waals surface area contributed by atoms with Crippen LogP contribution in [-0.4, -0.2) is 75.3 Å². The van der Waals surface area contributed by atoms with Crippen LogP contribution in [0.15, 0.2) is 30.5 Å². The number of benzene rings is 2. The van der Waals surface area contributed by atoms with Crippen LogP contribution in [0.4, 0.5) is 27.8 Å². The van der Waals surface area contributed by atoms with Crippen LogP contribution in [0.5, 0.6) is 11.8 Å². The lowest BCUT2D eigenvalue weighted by atomic mass is 9.94. The molecule has 3 fully saturated rings. The number of anilines is 1. The van der Waals surface area contributed by atoms with E-state index in [9.17, 15) is 22.7 Å². The zero-order valence-corrected chi connectivity index (χ0v) is 24.0. The first-order valence-corrected chi connectivity index (χ1v) is 14.8. The van der Waals surface area contributed by atoms with Crippen molar-refractivity contribution in [2.75, 3.05) is 37.6 Å². The molecule has 7 nitrogen and oxygen atoms in total. The molecule has 3 aliphatic rings. The van der Waals surface area contributed by atoms with Gasteiger partial charge in [0.2, 0.25) is 0 Å². The Hall–Kier alpha value is -3.80. The number of ether oxygens (including phenoxy) is 1. The predicted molar refractivity (Wildman–Crippen MR) is 156 cm³/mol. The quantitative estimate of drug-likeness (QED) is 0.246. The van der Waals surface area contributed by atoms with Crippen molar-refractivity contribution in [3.05, 3.63) is 47.7 Å². The highest BCUT2D eigenvalue weighted by molar-refractivity contribution is 6.01. The maximum Gasteiger partial charge on any atom is 0.319 e. The van der Waals surface area contributed by atoms with Gasteiger partial charge in [0.25, 0.3) is 5.92 Å². The number of hydrogen-bond donors (Lipinski definition) is 1. The van der Waals surface area contributed by atoms with Gasteiger partial charge in [0.1, 0.15) is 41.3 Å². The lowest BCUT2D eigenvalue weighted by Crippen LogP contribution is -2.44. The third-order valence-electron chi connectivity index (χ3n) is 9.03. The summed E-state index contributed by atoms with van der Waals surface area (Å²) in [4.78, 5) is 15.9. The number of aromatic nitrogens is 3. The van der Waals surface area contributed by atoms with Crippen LogP contribution in [0.2, 0.25) is 0 Å². The standard InChI is InChI=1S/C32H32F5N5O2/c1-2-21-24(34)6-5-18-11-20(43)12-22(25(18)21)27-26(35)28-23(14-38-27)29(41-9-4-8-32(36,37)16-41)40-30(39-28)44-17-31-7-3-10-42(31)15-19(33)13-31/h5-6,11-12,14,19,43H,2-4,7-10,13,15-17H2,1H3/t19-,31+/m1/s1/i17D2. The highest BCUT2D eigenvalue weighted by Crippen LogP contribution is 2.42. The molecule has 2 atom stereocenters. The van der Waals surface area contributed by atoms with Crippen LogP contribution >= 0.6 is 0 Å². The van der Waals surface area contributed by atoms with Gasteiger partial charge in [0, 0.05) is 37.7 Å². The fourth-order valence-corrected chi connectivity index (χ4v) is 7.07. The van der Waals surface area contributed by atoms with Crippen molar-refractivity contribution in [2.24, 2.45) is 0 Å². The number of hydrogen-bond acceptors (Lipinski definition) is 7. The molecule has 3 saturated heterocycles. The van der Waals surface area contributed by atoms with E-state index in [1.54, 1.807) is 11.8 Å². The summed E-state index contributed by atoms with van der Waals surface area (Å²) in [7, 11) is 0. The molecule has 0 spiro atoms. The number of nitrogens with zero attached hydrogens (tertiary/aromatic N) is 5. The summed E-state index contributed by atoms with van der Waals surface area (Å²) in [5.41, 5.74) is -1.59. The first kappa shape index (κ1) is 26.6. The number of halogens is 5. The topological polar surface area (TPSA) is 74.6 Å². The van der Waals surface area contributed by atoms with Crippen molar-refractivity contribution < 1.29 is 34.5 Å². The van der Waals surface area contributed by atoms with Crippen LogP contribution < -0.4 is 9.64 Å². The number of pyridine rings is 1. The molecule has 3 aliphatic heterocycles. The number of aromatic hydroxyl groups is 1. The second kappa shape index (κ2) is 10.7. The molecule has 0 aliphatic carbocycles. The van der Waals surface area contributed by atoms with E-state index < -0.39 is 48.4 Å². The van der Waals surface area contributed by atoms with Gasteiger partial charge in [-0.2, -0.15) is 9.97 Å². The largest absolute Gasteiger partial charge is 0.508 e. The Morgan fingerprint density at radius 1 is 1.14 bits per heavy atom. The molecule has 2 aromatic heterocycles. The van der Waals surface area contributed by atoms with E-state index in [4.69, 9.17) is 7.48 Å². The van der Waals surface area contributed by atoms with Gasteiger partial charge >= 0.3 is 6.01 Å². The minimum Gasteiger partial charge on any atom is -0.508 e. The Morgan fingerprint density at radius 2 is 1.95 bits per heavy atom. The van der Waals surface area contributed by atoms with E-state index in [0.29, 0.717) is 30.2 Å². The molecule has 0 radical (unpaired) electrons. The second-order valence-corrected chi connectivity index (χ2v) is 12.0. The zero-order chi connectivity index (χ0) is 32.6. The Kier molecular flexibility index (Phi) is 6.45. The summed E-state index contributed by atoms with van der Waals surface area (Å²) in [5, 5.41) is 11.3. The maximum absolute atomic E-state index is 16.7. The third-order valence-corrected chi connectivity index (χ3v) is 9.03. The number of fused-ring (bicyclic) bond motifs is 3. The van der Waals surface area contributed by atoms with Crippen molar-refractivity contribution in [1.29, 1.82) is 0 Å². The van der Waals surface area contributed by atoms with Gasteiger partial charge in [0.05, 0.1) is 20.2 Å². The summed E-state index contributed by atoms with van der Waals surface area (Å²) in [6.07, 6.45) is 0.867. The van der Waals surface area contributed by atoms with Crippen LogP contribution in [-0.2, 0) is 6.42 Å². The normalized spacial score (nSPS) is 24.5. The van der Waals surface area contributed by atoms with E-state index in [2.05, 4.69) is 15.0 Å². The van der Waals surface area contributed by atoms with Crippen molar-refractivity contribution in [1.82, 2.24) is 19.9 Å². The fraction of sp³-hybridized carbons (Fsp3) is 0.469. The summed E-state index contributed by atoms with van der Waals surface area (Å²) in [5.74, 6) is -4.90. The van der Waals surface area contributed by atoms with Crippen molar-refractivity contribution in [3.63, 3.8) is 0 Å². The van der Waals surface area contributed by atoms with E-state index in [1.165, 1.54) is 35.4 Å². The van der Waals surface area contributed by atoms with Gasteiger partial charge < -0.3 is 14.7 Å². The fourth-order valence-electron chi connectivity index (χ4n) is 7.07. The van der Waals surface area contributed by atoms with Crippen LogP contribution in [0.3, 0.4) is 0 Å². The number of phenolic OH excluding ortho intramolecular Hbond substituents is 1. The summed E-state index contributed by atoms with van der Waals surface area (Å²) < 4.78 is 99.0. The Morgan fingerprint density at radius 3 is 2.75 bits per heavy atom. The summed E-state index contributed by atoms with van der Waals surface area (Å²) in [6.45, 7) is -0.788. The van der Waals surface area contributed by atoms with Gasteiger partial charge in [-0.05, 0) is 66.8 Å². The van der Waals surface area contributed by atoms with E-state index in [-0.39, 0.29) is 78.1 Å². The average Bonchev–Trinajstić information content (AvgIpc) is 3.54.